The lowest BCUT2D eigenvalue weighted by atomic mass is 10.1. The van der Waals surface area contributed by atoms with Crippen LogP contribution in [0.4, 0.5) is 4.79 Å². The van der Waals surface area contributed by atoms with Crippen LogP contribution in [0.15, 0.2) is 18.2 Å². The molecular weight excluding hydrogens is 345 g/mol. The van der Waals surface area contributed by atoms with E-state index < -0.39 is 19.3 Å². The number of carbonyl (C=O) groups excluding carboxylic acids is 2. The third-order valence-electron chi connectivity index (χ3n) is 2.91. The average Bonchev–Trinajstić information content (AvgIpc) is 2.46. The topological polar surface area (TPSA) is 90.9 Å². The second-order valence-electron chi connectivity index (χ2n) is 6.45. The number of ether oxygens (including phenoxy) is 1. The smallest absolute Gasteiger partial charge is 0.407 e. The lowest BCUT2D eigenvalue weighted by Crippen LogP contribution is -2.33. The van der Waals surface area contributed by atoms with Gasteiger partial charge in [-0.15, -0.1) is 0 Å². The van der Waals surface area contributed by atoms with Crippen molar-refractivity contribution in [2.75, 3.05) is 19.8 Å². The minimum atomic E-state index is -3.26. The molecule has 1 aromatic rings. The fourth-order valence-corrected chi connectivity index (χ4v) is 3.04. The summed E-state index contributed by atoms with van der Waals surface area (Å²) in [5.74, 6) is 0.207. The number of hydrogen-bond donors (Lipinski definition) is 1. The van der Waals surface area contributed by atoms with Crippen molar-refractivity contribution in [3.05, 3.63) is 29.3 Å². The number of aldehydes is 1. The molecule has 0 saturated carbocycles. The van der Waals surface area contributed by atoms with Gasteiger partial charge >= 0.3 is 13.7 Å². The first-order valence-corrected chi connectivity index (χ1v) is 10.0. The summed E-state index contributed by atoms with van der Waals surface area (Å²) in [4.78, 5) is 22.9. The van der Waals surface area contributed by atoms with Gasteiger partial charge in [0.1, 0.15) is 11.4 Å². The van der Waals surface area contributed by atoms with Crippen molar-refractivity contribution in [2.24, 2.45) is 0 Å². The lowest BCUT2D eigenvalue weighted by Gasteiger charge is -2.19. The monoisotopic (exact) mass is 371 g/mol. The summed E-state index contributed by atoms with van der Waals surface area (Å²) in [5.41, 5.74) is 0.548. The van der Waals surface area contributed by atoms with Gasteiger partial charge in [-0.1, -0.05) is 6.07 Å². The Kier molecular flexibility index (Phi) is 7.64. The molecular formula is C17H26NO6P. The summed E-state index contributed by atoms with van der Waals surface area (Å²) >= 11 is 0. The highest BCUT2D eigenvalue weighted by atomic mass is 31.2. The van der Waals surface area contributed by atoms with Crippen molar-refractivity contribution >= 4 is 20.0 Å². The molecule has 1 unspecified atom stereocenters. The Bertz CT molecular complexity index is 653. The molecule has 0 saturated heterocycles. The molecule has 0 heterocycles. The maximum absolute atomic E-state index is 12.1. The summed E-state index contributed by atoms with van der Waals surface area (Å²) in [6.45, 7) is 9.03. The molecule has 0 fully saturated rings. The summed E-state index contributed by atoms with van der Waals surface area (Å²) in [6.07, 6.45) is 0.647. The average molecular weight is 371 g/mol. The highest BCUT2D eigenvalue weighted by Gasteiger charge is 2.20. The molecule has 25 heavy (non-hydrogen) atoms. The molecule has 0 aromatic heterocycles. The Morgan fingerprint density at radius 2 is 2.00 bits per heavy atom. The highest BCUT2D eigenvalue weighted by molar-refractivity contribution is 7.53. The summed E-state index contributed by atoms with van der Waals surface area (Å²) in [6, 6.07) is 4.94. The first-order chi connectivity index (χ1) is 11.6. The molecule has 1 atom stereocenters. The zero-order chi connectivity index (χ0) is 19.1. The number of carbonyl (C=O) groups is 2. The molecule has 0 aliphatic carbocycles. The maximum atomic E-state index is 12.1. The van der Waals surface area contributed by atoms with Crippen molar-refractivity contribution in [2.45, 2.75) is 39.7 Å². The summed E-state index contributed by atoms with van der Waals surface area (Å²) < 4.78 is 27.6. The zero-order valence-electron chi connectivity index (χ0n) is 15.3. The van der Waals surface area contributed by atoms with Crippen LogP contribution in [0, 0.1) is 0 Å². The summed E-state index contributed by atoms with van der Waals surface area (Å²) in [5, 5.41) is 2.65. The standard InChI is InChI=1S/C17H26NO6P/c1-6-22-25(5,21)24-15-8-7-13(11-14(15)12-19)9-10-18-16(20)23-17(2,3)4/h7-8,11-12H,6,9-10H2,1-5H3,(H,18,20). The quantitative estimate of drug-likeness (QED) is 0.552. The number of nitrogens with one attached hydrogen (secondary N) is 1. The number of hydrogen-bond acceptors (Lipinski definition) is 6. The molecule has 0 aliphatic rings. The molecule has 0 aliphatic heterocycles. The van der Waals surface area contributed by atoms with Crippen molar-refractivity contribution in [1.82, 2.24) is 5.32 Å². The van der Waals surface area contributed by atoms with Crippen molar-refractivity contribution in [1.29, 1.82) is 0 Å². The third kappa shape index (κ3) is 8.18. The Morgan fingerprint density at radius 3 is 2.56 bits per heavy atom. The van der Waals surface area contributed by atoms with Gasteiger partial charge < -0.3 is 19.1 Å². The molecule has 0 radical (unpaired) electrons. The highest BCUT2D eigenvalue weighted by Crippen LogP contribution is 2.45. The number of amides is 1. The van der Waals surface area contributed by atoms with Crippen molar-refractivity contribution < 1.29 is 27.9 Å². The van der Waals surface area contributed by atoms with E-state index in [2.05, 4.69) is 5.32 Å². The number of alkyl carbamates (subject to hydrolysis) is 1. The van der Waals surface area contributed by atoms with Crippen LogP contribution in [-0.4, -0.2) is 37.8 Å². The van der Waals surface area contributed by atoms with Gasteiger partial charge in [0, 0.05) is 13.2 Å². The fourth-order valence-electron chi connectivity index (χ4n) is 1.99. The number of benzene rings is 1. The molecule has 7 nitrogen and oxygen atoms in total. The molecule has 0 spiro atoms. The SMILES string of the molecule is CCOP(C)(=O)Oc1ccc(CCNC(=O)OC(C)(C)C)cc1C=O. The normalized spacial score (nSPS) is 13.6. The molecule has 1 aromatic carbocycles. The van der Waals surface area contributed by atoms with Crippen LogP contribution in [-0.2, 0) is 20.2 Å². The minimum absolute atomic E-state index is 0.207. The fraction of sp³-hybridized carbons (Fsp3) is 0.529. The van der Waals surface area contributed by atoms with Gasteiger partial charge in [-0.25, -0.2) is 9.36 Å². The largest absolute Gasteiger partial charge is 0.444 e. The van der Waals surface area contributed by atoms with Crippen LogP contribution in [0.3, 0.4) is 0 Å². The van der Waals surface area contributed by atoms with Crippen LogP contribution in [0.25, 0.3) is 0 Å². The Balaban J connectivity index is 2.67. The second kappa shape index (κ2) is 9.02. The maximum Gasteiger partial charge on any atom is 0.407 e. The van der Waals surface area contributed by atoms with E-state index in [1.54, 1.807) is 45.9 Å². The van der Waals surface area contributed by atoms with E-state index in [1.807, 2.05) is 0 Å². The van der Waals surface area contributed by atoms with Crippen LogP contribution >= 0.6 is 7.60 Å². The van der Waals surface area contributed by atoms with E-state index in [4.69, 9.17) is 13.8 Å². The van der Waals surface area contributed by atoms with Crippen molar-refractivity contribution in [3.8, 4) is 5.75 Å². The first-order valence-electron chi connectivity index (χ1n) is 8.03. The molecule has 1 N–H and O–H groups in total. The Hall–Kier alpha value is -1.85. The van der Waals surface area contributed by atoms with Gasteiger partial charge in [-0.05, 0) is 51.8 Å². The lowest BCUT2D eigenvalue weighted by molar-refractivity contribution is 0.0528. The minimum Gasteiger partial charge on any atom is -0.444 e. The van der Waals surface area contributed by atoms with Gasteiger partial charge in [0.25, 0.3) is 0 Å². The molecule has 0 bridgehead atoms. The third-order valence-corrected chi connectivity index (χ3v) is 4.17. The van der Waals surface area contributed by atoms with E-state index in [9.17, 15) is 14.2 Å². The molecule has 1 rings (SSSR count). The molecule has 140 valence electrons. The van der Waals surface area contributed by atoms with Gasteiger partial charge in [0.05, 0.1) is 12.2 Å². The van der Waals surface area contributed by atoms with Gasteiger partial charge in [0.2, 0.25) is 0 Å². The Morgan fingerprint density at radius 1 is 1.32 bits per heavy atom. The van der Waals surface area contributed by atoms with Gasteiger partial charge in [-0.3, -0.25) is 4.79 Å². The zero-order valence-corrected chi connectivity index (χ0v) is 16.2. The van der Waals surface area contributed by atoms with Crippen LogP contribution in [0.1, 0.15) is 43.6 Å². The van der Waals surface area contributed by atoms with E-state index in [-0.39, 0.29) is 17.9 Å². The molecule has 8 heteroatoms. The molecule has 1 amide bonds. The van der Waals surface area contributed by atoms with Crippen molar-refractivity contribution in [3.63, 3.8) is 0 Å². The van der Waals surface area contributed by atoms with Crippen LogP contribution in [0.2, 0.25) is 0 Å². The van der Waals surface area contributed by atoms with E-state index in [0.717, 1.165) is 5.56 Å². The first kappa shape index (κ1) is 21.2. The van der Waals surface area contributed by atoms with E-state index in [0.29, 0.717) is 19.3 Å². The Labute approximate surface area is 148 Å². The van der Waals surface area contributed by atoms with Gasteiger partial charge in [0.15, 0.2) is 6.29 Å². The predicted octanol–water partition coefficient (Wildman–Crippen LogP) is 3.80. The number of rotatable bonds is 8. The van der Waals surface area contributed by atoms with Crippen LogP contribution in [0.5, 0.6) is 5.75 Å². The van der Waals surface area contributed by atoms with Gasteiger partial charge in [-0.2, -0.15) is 0 Å². The summed E-state index contributed by atoms with van der Waals surface area (Å²) in [7, 11) is -3.26. The van der Waals surface area contributed by atoms with E-state index >= 15 is 0 Å². The predicted molar refractivity (Wildman–Crippen MR) is 95.6 cm³/mol. The second-order valence-corrected chi connectivity index (χ2v) is 8.43. The van der Waals surface area contributed by atoms with Crippen LogP contribution < -0.4 is 9.84 Å². The van der Waals surface area contributed by atoms with E-state index in [1.165, 1.54) is 6.66 Å².